The number of pyridine rings is 1. The average molecular weight is 191 g/mol. The third-order valence-electron chi connectivity index (χ3n) is 1.87. The van der Waals surface area contributed by atoms with E-state index < -0.39 is 16.4 Å². The second-order valence-electron chi connectivity index (χ2n) is 2.70. The number of nitro groups is 1. The number of phenols is 1. The molecule has 0 unspecified atom stereocenters. The Balaban J connectivity index is 2.82. The number of hydrogen-bond acceptors (Lipinski definition) is 4. The Morgan fingerprint density at radius 3 is 3.00 bits per heavy atom. The highest BCUT2D eigenvalue weighted by atomic mass is 16.6. The van der Waals surface area contributed by atoms with Gasteiger partial charge in [0.15, 0.2) is 0 Å². The number of benzene rings is 1. The molecule has 5 nitrogen and oxygen atoms in total. The molecular formula is C9H6N2O3. The Bertz CT molecular complexity index is 556. The highest BCUT2D eigenvalue weighted by Crippen LogP contribution is 2.32. The van der Waals surface area contributed by atoms with Crippen LogP contribution in [-0.4, -0.2) is 15.0 Å². The summed E-state index contributed by atoms with van der Waals surface area (Å²) in [5.74, 6) is -0.494. The Hall–Kier alpha value is -2.17. The molecule has 1 heterocycles. The maximum atomic E-state index is 10.5. The molecule has 0 saturated carbocycles. The molecule has 14 heavy (non-hydrogen) atoms. The van der Waals surface area contributed by atoms with Crippen LogP contribution in [-0.2, 0) is 0 Å². The van der Waals surface area contributed by atoms with Crippen molar-refractivity contribution in [2.75, 3.05) is 0 Å². The van der Waals surface area contributed by atoms with Gasteiger partial charge in [-0.3, -0.25) is 15.1 Å². The van der Waals surface area contributed by atoms with Crippen molar-refractivity contribution in [3.8, 4) is 5.75 Å². The van der Waals surface area contributed by atoms with Crippen LogP contribution in [0.5, 0.6) is 5.75 Å². The van der Waals surface area contributed by atoms with Gasteiger partial charge in [0.1, 0.15) is 5.52 Å². The minimum absolute atomic E-state index is 0.0432. The summed E-state index contributed by atoms with van der Waals surface area (Å²) in [6.45, 7) is 0. The van der Waals surface area contributed by atoms with E-state index >= 15 is 0 Å². The highest BCUT2D eigenvalue weighted by molar-refractivity contribution is 5.87. The molecule has 1 aromatic carbocycles. The van der Waals surface area contributed by atoms with Crippen molar-refractivity contribution in [1.82, 2.24) is 4.98 Å². The number of phenolic OH excluding ortho intramolecular Hbond substituents is 1. The normalized spacial score (nSPS) is 11.3. The largest absolute Gasteiger partial charge is 0.501 e. The summed E-state index contributed by atoms with van der Waals surface area (Å²) in [6, 6.07) is 5.73. The Morgan fingerprint density at radius 1 is 1.50 bits per heavy atom. The van der Waals surface area contributed by atoms with Crippen LogP contribution in [0.3, 0.4) is 0 Å². The first-order valence-electron chi connectivity index (χ1n) is 4.33. The smallest absolute Gasteiger partial charge is 0.313 e. The molecule has 0 aliphatic rings. The number of nitrogens with zero attached hydrogens (tertiary/aromatic N) is 2. The fourth-order valence-electron chi connectivity index (χ4n) is 1.21. The van der Waals surface area contributed by atoms with Crippen molar-refractivity contribution in [3.05, 3.63) is 40.6 Å². The molecule has 0 amide bonds. The van der Waals surface area contributed by atoms with E-state index in [1.54, 1.807) is 6.07 Å². The van der Waals surface area contributed by atoms with Gasteiger partial charge in [0.05, 0.1) is 6.29 Å². The fraction of sp³-hybridized carbons (Fsp3) is 0. The minimum atomic E-state index is -0.687. The number of fused-ring (bicyclic) bond motifs is 1. The van der Waals surface area contributed by atoms with Crippen molar-refractivity contribution in [1.29, 1.82) is 0 Å². The van der Waals surface area contributed by atoms with E-state index in [2.05, 4.69) is 4.98 Å². The summed E-state index contributed by atoms with van der Waals surface area (Å²) in [7, 11) is 0. The minimum Gasteiger partial charge on any atom is -0.501 e. The average Bonchev–Trinajstić information content (AvgIpc) is 2.19. The third kappa shape index (κ3) is 1.15. The SMILES string of the molecule is [2H]c1ccc2ccc([N+](=O)[O-])c(O)c2n1. The van der Waals surface area contributed by atoms with Crippen molar-refractivity contribution in [2.45, 2.75) is 0 Å². The van der Waals surface area contributed by atoms with Gasteiger partial charge in [0, 0.05) is 17.6 Å². The molecule has 0 radical (unpaired) electrons. The first-order valence-corrected chi connectivity index (χ1v) is 3.83. The summed E-state index contributed by atoms with van der Waals surface area (Å²) >= 11 is 0. The van der Waals surface area contributed by atoms with Gasteiger partial charge in [-0.05, 0) is 12.1 Å². The Morgan fingerprint density at radius 2 is 2.29 bits per heavy atom. The van der Waals surface area contributed by atoms with Gasteiger partial charge in [0.25, 0.3) is 0 Å². The molecule has 1 aromatic heterocycles. The van der Waals surface area contributed by atoms with Crippen LogP contribution >= 0.6 is 0 Å². The van der Waals surface area contributed by atoms with Gasteiger partial charge in [0.2, 0.25) is 5.75 Å². The number of aromatic hydroxyl groups is 1. The monoisotopic (exact) mass is 191 g/mol. The lowest BCUT2D eigenvalue weighted by molar-refractivity contribution is -0.385. The van der Waals surface area contributed by atoms with E-state index in [4.69, 9.17) is 1.37 Å². The van der Waals surface area contributed by atoms with E-state index in [-0.39, 0.29) is 11.7 Å². The zero-order valence-electron chi connectivity index (χ0n) is 7.97. The summed E-state index contributed by atoms with van der Waals surface area (Å²) in [4.78, 5) is 13.6. The van der Waals surface area contributed by atoms with Crippen molar-refractivity contribution in [3.63, 3.8) is 0 Å². The second-order valence-corrected chi connectivity index (χ2v) is 2.70. The van der Waals surface area contributed by atoms with E-state index in [0.717, 1.165) is 0 Å². The van der Waals surface area contributed by atoms with Crippen molar-refractivity contribution in [2.24, 2.45) is 0 Å². The lowest BCUT2D eigenvalue weighted by Gasteiger charge is -1.99. The quantitative estimate of drug-likeness (QED) is 0.551. The van der Waals surface area contributed by atoms with Gasteiger partial charge in [-0.2, -0.15) is 0 Å². The zero-order valence-corrected chi connectivity index (χ0v) is 6.97. The standard InChI is InChI=1S/C9H6N2O3/c12-9-7(11(13)14)4-3-6-2-1-5-10-8(6)9/h1-5,12H/i5D. The number of nitro benzene ring substituents is 1. The fourth-order valence-corrected chi connectivity index (χ4v) is 1.21. The van der Waals surface area contributed by atoms with Crippen LogP contribution in [0.4, 0.5) is 5.69 Å². The van der Waals surface area contributed by atoms with Gasteiger partial charge < -0.3 is 5.11 Å². The van der Waals surface area contributed by atoms with Crippen molar-refractivity contribution < 1.29 is 11.4 Å². The number of aromatic nitrogens is 1. The second kappa shape index (κ2) is 2.95. The molecule has 2 rings (SSSR count). The van der Waals surface area contributed by atoms with Gasteiger partial charge >= 0.3 is 5.69 Å². The van der Waals surface area contributed by atoms with Crippen LogP contribution < -0.4 is 0 Å². The van der Waals surface area contributed by atoms with Crippen LogP contribution in [0, 0.1) is 10.1 Å². The molecule has 0 aliphatic carbocycles. The summed E-state index contributed by atoms with van der Waals surface area (Å²) in [6.07, 6.45) is -0.0432. The predicted molar refractivity (Wildman–Crippen MR) is 50.1 cm³/mol. The third-order valence-corrected chi connectivity index (χ3v) is 1.87. The van der Waals surface area contributed by atoms with Gasteiger partial charge in [-0.25, -0.2) is 0 Å². The molecule has 0 atom stereocenters. The predicted octanol–water partition coefficient (Wildman–Crippen LogP) is 1.85. The Labute approximate surface area is 80.2 Å². The lowest BCUT2D eigenvalue weighted by Crippen LogP contribution is -1.89. The van der Waals surface area contributed by atoms with Crippen LogP contribution in [0.15, 0.2) is 30.4 Å². The maximum Gasteiger partial charge on any atom is 0.313 e. The molecular weight excluding hydrogens is 184 g/mol. The highest BCUT2D eigenvalue weighted by Gasteiger charge is 2.15. The molecule has 70 valence electrons. The van der Waals surface area contributed by atoms with E-state index in [0.29, 0.717) is 5.39 Å². The van der Waals surface area contributed by atoms with Crippen molar-refractivity contribution >= 4 is 16.6 Å². The molecule has 2 aromatic rings. The van der Waals surface area contributed by atoms with E-state index in [1.807, 2.05) is 0 Å². The lowest BCUT2D eigenvalue weighted by atomic mass is 10.2. The first kappa shape index (κ1) is 7.25. The van der Waals surface area contributed by atoms with Gasteiger partial charge in [-0.15, -0.1) is 0 Å². The molecule has 0 saturated heterocycles. The summed E-state index contributed by atoms with van der Waals surface area (Å²) < 4.78 is 7.26. The van der Waals surface area contributed by atoms with Crippen LogP contribution in [0.25, 0.3) is 10.9 Å². The maximum absolute atomic E-state index is 10.5. The van der Waals surface area contributed by atoms with Gasteiger partial charge in [-0.1, -0.05) is 6.07 Å². The topological polar surface area (TPSA) is 76.3 Å². The van der Waals surface area contributed by atoms with Crippen LogP contribution in [0.2, 0.25) is 0 Å². The Kier molecular flexibility index (Phi) is 1.53. The number of rotatable bonds is 1. The first-order chi connectivity index (χ1) is 7.09. The molecule has 0 bridgehead atoms. The van der Waals surface area contributed by atoms with E-state index in [9.17, 15) is 15.2 Å². The van der Waals surface area contributed by atoms with Crippen LogP contribution in [0.1, 0.15) is 1.37 Å². The number of hydrogen-bond donors (Lipinski definition) is 1. The molecule has 0 spiro atoms. The van der Waals surface area contributed by atoms with E-state index in [1.165, 1.54) is 18.2 Å². The molecule has 0 aliphatic heterocycles. The molecule has 5 heteroatoms. The molecule has 1 N–H and O–H groups in total. The molecule has 0 fully saturated rings. The summed E-state index contributed by atoms with van der Waals surface area (Å²) in [5.41, 5.74) is -0.322. The zero-order chi connectivity index (χ0) is 11.0. The summed E-state index contributed by atoms with van der Waals surface area (Å²) in [5, 5.41) is 20.6.